The third-order valence-corrected chi connectivity index (χ3v) is 4.26. The van der Waals surface area contributed by atoms with E-state index in [4.69, 9.17) is 17.3 Å². The molecule has 0 aromatic carbocycles. The van der Waals surface area contributed by atoms with Crippen LogP contribution in [0.25, 0.3) is 0 Å². The molecule has 0 atom stereocenters. The minimum atomic E-state index is -0.0284. The summed E-state index contributed by atoms with van der Waals surface area (Å²) < 4.78 is 0.0935. The van der Waals surface area contributed by atoms with Crippen LogP contribution in [-0.2, 0) is 0 Å². The van der Waals surface area contributed by atoms with Crippen LogP contribution in [0.3, 0.4) is 0 Å². The van der Waals surface area contributed by atoms with Gasteiger partial charge in [-0.15, -0.1) is 0 Å². The number of thioether (sulfide) groups is 1. The molecule has 0 saturated carbocycles. The van der Waals surface area contributed by atoms with E-state index in [1.54, 1.807) is 12.1 Å². The number of hydrogen-bond donors (Lipinski definition) is 1. The number of anilines is 1. The lowest BCUT2D eigenvalue weighted by atomic mass is 10.1. The Morgan fingerprint density at radius 3 is 2.89 bits per heavy atom. The standard InChI is InChI=1S/C12H16ClN3OS/c1-12(2)7-16(3-4-18-12)11(17)8-5-9(13)15-10(14)6-8/h5-6H,3-4,7H2,1-2H3,(H2,14,15). The van der Waals surface area contributed by atoms with Crippen LogP contribution >= 0.6 is 23.4 Å². The number of hydrogen-bond acceptors (Lipinski definition) is 4. The molecule has 0 spiro atoms. The molecule has 2 N–H and O–H groups in total. The summed E-state index contributed by atoms with van der Waals surface area (Å²) in [5, 5.41) is 0.254. The number of rotatable bonds is 1. The van der Waals surface area contributed by atoms with Crippen molar-refractivity contribution >= 4 is 35.1 Å². The van der Waals surface area contributed by atoms with Gasteiger partial charge in [0.15, 0.2) is 0 Å². The molecule has 1 fully saturated rings. The van der Waals surface area contributed by atoms with Crippen LogP contribution in [0.2, 0.25) is 5.15 Å². The van der Waals surface area contributed by atoms with Crippen molar-refractivity contribution in [1.29, 1.82) is 0 Å². The summed E-state index contributed by atoms with van der Waals surface area (Å²) in [6, 6.07) is 3.14. The first-order valence-electron chi connectivity index (χ1n) is 5.74. The molecule has 98 valence electrons. The van der Waals surface area contributed by atoms with E-state index < -0.39 is 0 Å². The molecule has 2 heterocycles. The summed E-state index contributed by atoms with van der Waals surface area (Å²) in [6.45, 7) is 5.78. The second-order valence-corrected chi connectivity index (χ2v) is 7.13. The summed E-state index contributed by atoms with van der Waals surface area (Å²) in [4.78, 5) is 18.1. The fourth-order valence-corrected chi connectivity index (χ4v) is 3.34. The second kappa shape index (κ2) is 4.97. The van der Waals surface area contributed by atoms with Crippen molar-refractivity contribution in [1.82, 2.24) is 9.88 Å². The van der Waals surface area contributed by atoms with Gasteiger partial charge in [-0.3, -0.25) is 4.79 Å². The van der Waals surface area contributed by atoms with Crippen molar-refractivity contribution in [2.24, 2.45) is 0 Å². The molecule has 1 aliphatic rings. The van der Waals surface area contributed by atoms with Crippen molar-refractivity contribution in [3.8, 4) is 0 Å². The molecular weight excluding hydrogens is 270 g/mol. The van der Waals surface area contributed by atoms with Gasteiger partial charge in [0.2, 0.25) is 0 Å². The van der Waals surface area contributed by atoms with Crippen LogP contribution in [0.1, 0.15) is 24.2 Å². The first kappa shape index (κ1) is 13.5. The highest BCUT2D eigenvalue weighted by Crippen LogP contribution is 2.30. The summed E-state index contributed by atoms with van der Waals surface area (Å²) >= 11 is 7.71. The van der Waals surface area contributed by atoms with Gasteiger partial charge in [-0.2, -0.15) is 11.8 Å². The van der Waals surface area contributed by atoms with Crippen LogP contribution in [0, 0.1) is 0 Å². The van der Waals surface area contributed by atoms with E-state index >= 15 is 0 Å². The van der Waals surface area contributed by atoms with Gasteiger partial charge in [-0.05, 0) is 26.0 Å². The van der Waals surface area contributed by atoms with E-state index in [0.717, 1.165) is 18.8 Å². The molecule has 6 heteroatoms. The Morgan fingerprint density at radius 2 is 2.28 bits per heavy atom. The molecule has 2 rings (SSSR count). The van der Waals surface area contributed by atoms with Crippen LogP contribution < -0.4 is 5.73 Å². The van der Waals surface area contributed by atoms with Crippen molar-refractivity contribution in [3.63, 3.8) is 0 Å². The van der Waals surface area contributed by atoms with Gasteiger partial charge in [-0.1, -0.05) is 11.6 Å². The molecule has 0 bridgehead atoms. The minimum absolute atomic E-state index is 0.0284. The predicted molar refractivity (Wildman–Crippen MR) is 76.1 cm³/mol. The summed E-state index contributed by atoms with van der Waals surface area (Å²) in [5.41, 5.74) is 6.12. The van der Waals surface area contributed by atoms with Crippen molar-refractivity contribution in [2.75, 3.05) is 24.6 Å². The van der Waals surface area contributed by atoms with Crippen molar-refractivity contribution in [2.45, 2.75) is 18.6 Å². The third-order valence-electron chi connectivity index (χ3n) is 2.77. The zero-order chi connectivity index (χ0) is 13.3. The number of aromatic nitrogens is 1. The number of nitrogens with two attached hydrogens (primary N) is 1. The Kier molecular flexibility index (Phi) is 3.73. The molecule has 4 nitrogen and oxygen atoms in total. The molecule has 1 saturated heterocycles. The fourth-order valence-electron chi connectivity index (χ4n) is 2.01. The lowest BCUT2D eigenvalue weighted by molar-refractivity contribution is 0.0748. The summed E-state index contributed by atoms with van der Waals surface area (Å²) in [7, 11) is 0. The SMILES string of the molecule is CC1(C)CN(C(=O)c2cc(N)nc(Cl)c2)CCS1. The first-order valence-corrected chi connectivity index (χ1v) is 7.10. The highest BCUT2D eigenvalue weighted by molar-refractivity contribution is 8.00. The molecule has 0 aliphatic carbocycles. The number of halogens is 1. The summed E-state index contributed by atoms with van der Waals surface area (Å²) in [6.07, 6.45) is 0. The monoisotopic (exact) mass is 285 g/mol. The number of carbonyl (C=O) groups is 1. The van der Waals surface area contributed by atoms with E-state index in [2.05, 4.69) is 18.8 Å². The lowest BCUT2D eigenvalue weighted by Gasteiger charge is -2.37. The van der Waals surface area contributed by atoms with Crippen LogP contribution in [-0.4, -0.2) is 39.4 Å². The zero-order valence-electron chi connectivity index (χ0n) is 10.4. The number of nitrogens with zero attached hydrogens (tertiary/aromatic N) is 2. The minimum Gasteiger partial charge on any atom is -0.384 e. The van der Waals surface area contributed by atoms with Gasteiger partial charge in [0.1, 0.15) is 11.0 Å². The van der Waals surface area contributed by atoms with Crippen molar-refractivity contribution < 1.29 is 4.79 Å². The van der Waals surface area contributed by atoms with Crippen LogP contribution in [0.15, 0.2) is 12.1 Å². The highest BCUT2D eigenvalue weighted by atomic mass is 35.5. The average molecular weight is 286 g/mol. The Hall–Kier alpha value is -0.940. The van der Waals surface area contributed by atoms with Crippen molar-refractivity contribution in [3.05, 3.63) is 22.8 Å². The van der Waals surface area contributed by atoms with Gasteiger partial charge >= 0.3 is 0 Å². The Bertz CT molecular complexity index is 458. The third kappa shape index (κ3) is 3.09. The maximum atomic E-state index is 12.4. The maximum absolute atomic E-state index is 12.4. The number of carbonyl (C=O) groups excluding carboxylic acids is 1. The van der Waals surface area contributed by atoms with Gasteiger partial charge in [0.05, 0.1) is 0 Å². The first-order chi connectivity index (χ1) is 8.37. The molecule has 1 aliphatic heterocycles. The second-order valence-electron chi connectivity index (χ2n) is 4.94. The molecule has 18 heavy (non-hydrogen) atoms. The topological polar surface area (TPSA) is 59.2 Å². The molecule has 0 unspecified atom stereocenters. The average Bonchev–Trinajstić information content (AvgIpc) is 2.25. The Labute approximate surface area is 116 Å². The van der Waals surface area contributed by atoms with Crippen LogP contribution in [0.4, 0.5) is 5.82 Å². The zero-order valence-corrected chi connectivity index (χ0v) is 12.0. The fraction of sp³-hybridized carbons (Fsp3) is 0.500. The van der Waals surface area contributed by atoms with Gasteiger partial charge < -0.3 is 10.6 Å². The van der Waals surface area contributed by atoms with Gasteiger partial charge in [0, 0.05) is 29.2 Å². The van der Waals surface area contributed by atoms with E-state index in [1.807, 2.05) is 16.7 Å². The highest BCUT2D eigenvalue weighted by Gasteiger charge is 2.30. The molecule has 0 radical (unpaired) electrons. The number of nitrogen functional groups attached to an aromatic ring is 1. The molecule has 1 amide bonds. The largest absolute Gasteiger partial charge is 0.384 e. The number of amides is 1. The predicted octanol–water partition coefficient (Wildman–Crippen LogP) is 2.28. The molecule has 1 aromatic rings. The van der Waals surface area contributed by atoms with E-state index in [1.165, 1.54) is 0 Å². The molecule has 1 aromatic heterocycles. The normalized spacial score (nSPS) is 18.7. The smallest absolute Gasteiger partial charge is 0.254 e. The Balaban J connectivity index is 2.20. The Morgan fingerprint density at radius 1 is 1.56 bits per heavy atom. The maximum Gasteiger partial charge on any atom is 0.254 e. The summed E-state index contributed by atoms with van der Waals surface area (Å²) in [5.74, 6) is 1.20. The quantitative estimate of drug-likeness (QED) is 0.804. The van der Waals surface area contributed by atoms with E-state index in [9.17, 15) is 4.79 Å². The lowest BCUT2D eigenvalue weighted by Crippen LogP contribution is -2.46. The van der Waals surface area contributed by atoms with E-state index in [0.29, 0.717) is 5.56 Å². The number of pyridine rings is 1. The van der Waals surface area contributed by atoms with Gasteiger partial charge in [0.25, 0.3) is 5.91 Å². The molecular formula is C12H16ClN3OS. The van der Waals surface area contributed by atoms with E-state index in [-0.39, 0.29) is 21.6 Å². The van der Waals surface area contributed by atoms with Crippen LogP contribution in [0.5, 0.6) is 0 Å². The van der Waals surface area contributed by atoms with Gasteiger partial charge in [-0.25, -0.2) is 4.98 Å².